The molecule has 0 unspecified atom stereocenters. The van der Waals surface area contributed by atoms with Crippen molar-refractivity contribution in [3.05, 3.63) is 24.3 Å². The van der Waals surface area contributed by atoms with E-state index < -0.39 is 10.0 Å². The van der Waals surface area contributed by atoms with Crippen LogP contribution in [0.3, 0.4) is 0 Å². The molecule has 0 bridgehead atoms. The zero-order valence-corrected chi connectivity index (χ0v) is 10.9. The highest BCUT2D eigenvalue weighted by Gasteiger charge is 2.11. The molecule has 0 amide bonds. The Balaban J connectivity index is 2.81. The normalized spacial score (nSPS) is 11.5. The number of aliphatic hydroxyl groups is 1. The molecular formula is C11H18N2O3S. The molecule has 1 aromatic rings. The van der Waals surface area contributed by atoms with Crippen LogP contribution in [0.4, 0.5) is 5.69 Å². The summed E-state index contributed by atoms with van der Waals surface area (Å²) in [4.78, 5) is 2.21. The minimum atomic E-state index is -3.37. The predicted molar refractivity (Wildman–Crippen MR) is 67.7 cm³/mol. The van der Waals surface area contributed by atoms with Gasteiger partial charge in [0.2, 0.25) is 10.0 Å². The van der Waals surface area contributed by atoms with Crippen LogP contribution in [0.2, 0.25) is 0 Å². The summed E-state index contributed by atoms with van der Waals surface area (Å²) in [5.41, 5.74) is 0.925. The van der Waals surface area contributed by atoms with Gasteiger partial charge in [0, 0.05) is 25.9 Å². The van der Waals surface area contributed by atoms with Crippen molar-refractivity contribution in [3.63, 3.8) is 0 Å². The fourth-order valence-corrected chi connectivity index (χ4v) is 2.16. The number of aliphatic hydroxyl groups excluding tert-OH is 1. The molecule has 17 heavy (non-hydrogen) atoms. The number of sulfonamides is 1. The first-order valence-electron chi connectivity index (χ1n) is 5.37. The zero-order chi connectivity index (χ0) is 12.9. The van der Waals surface area contributed by atoms with Gasteiger partial charge in [-0.2, -0.15) is 0 Å². The molecule has 6 heteroatoms. The molecule has 96 valence electrons. The Morgan fingerprint density at radius 1 is 1.29 bits per heavy atom. The highest BCUT2D eigenvalue weighted by Crippen LogP contribution is 2.16. The Bertz CT molecular complexity index is 442. The Morgan fingerprint density at radius 3 is 2.35 bits per heavy atom. The fraction of sp³-hybridized carbons (Fsp3) is 0.455. The summed E-state index contributed by atoms with van der Waals surface area (Å²) in [6, 6.07) is 6.64. The summed E-state index contributed by atoms with van der Waals surface area (Å²) in [5.74, 6) is 0. The van der Waals surface area contributed by atoms with Gasteiger partial charge in [-0.3, -0.25) is 0 Å². The Morgan fingerprint density at radius 2 is 1.88 bits per heavy atom. The van der Waals surface area contributed by atoms with Crippen LogP contribution in [0.15, 0.2) is 29.2 Å². The van der Waals surface area contributed by atoms with E-state index in [0.29, 0.717) is 6.42 Å². The quantitative estimate of drug-likeness (QED) is 0.775. The molecule has 0 fully saturated rings. The molecule has 0 saturated heterocycles. The second kappa shape index (κ2) is 6.00. The molecular weight excluding hydrogens is 240 g/mol. The lowest BCUT2D eigenvalue weighted by molar-refractivity contribution is 0.290. The average Bonchev–Trinajstić information content (AvgIpc) is 2.36. The molecule has 0 aliphatic carbocycles. The number of nitrogens with one attached hydrogen (secondary N) is 1. The minimum absolute atomic E-state index is 0.149. The number of rotatable bonds is 6. The van der Waals surface area contributed by atoms with E-state index in [0.717, 1.165) is 12.2 Å². The van der Waals surface area contributed by atoms with Crippen LogP contribution in [-0.4, -0.2) is 40.8 Å². The largest absolute Gasteiger partial charge is 0.396 e. The van der Waals surface area contributed by atoms with Crippen molar-refractivity contribution in [2.75, 3.05) is 32.1 Å². The van der Waals surface area contributed by atoms with Crippen molar-refractivity contribution < 1.29 is 13.5 Å². The number of anilines is 1. The maximum absolute atomic E-state index is 11.5. The molecule has 1 rings (SSSR count). The standard InChI is InChI=1S/C11H18N2O3S/c1-12-17(15,16)11-6-4-10(5-7-11)13(2)8-3-9-14/h4-7,12,14H,3,8-9H2,1-2H3. The minimum Gasteiger partial charge on any atom is -0.396 e. The smallest absolute Gasteiger partial charge is 0.240 e. The van der Waals surface area contributed by atoms with Crippen LogP contribution in [0.1, 0.15) is 6.42 Å². The maximum Gasteiger partial charge on any atom is 0.240 e. The van der Waals surface area contributed by atoms with Crippen LogP contribution in [0.25, 0.3) is 0 Å². The molecule has 1 aromatic carbocycles. The summed E-state index contributed by atoms with van der Waals surface area (Å²) >= 11 is 0. The summed E-state index contributed by atoms with van der Waals surface area (Å²) in [6.07, 6.45) is 0.688. The Labute approximate surface area is 102 Å². The van der Waals surface area contributed by atoms with Crippen molar-refractivity contribution in [2.24, 2.45) is 0 Å². The third kappa shape index (κ3) is 3.69. The first kappa shape index (κ1) is 14.0. The summed E-state index contributed by atoms with van der Waals surface area (Å²) in [5, 5.41) is 8.73. The molecule has 0 aliphatic heterocycles. The van der Waals surface area contributed by atoms with E-state index >= 15 is 0 Å². The molecule has 5 nitrogen and oxygen atoms in total. The topological polar surface area (TPSA) is 69.6 Å². The van der Waals surface area contributed by atoms with Gasteiger partial charge in [0.15, 0.2) is 0 Å². The molecule has 0 spiro atoms. The van der Waals surface area contributed by atoms with E-state index in [4.69, 9.17) is 5.11 Å². The van der Waals surface area contributed by atoms with E-state index in [1.807, 2.05) is 11.9 Å². The van der Waals surface area contributed by atoms with Crippen LogP contribution in [0.5, 0.6) is 0 Å². The SMILES string of the molecule is CNS(=O)(=O)c1ccc(N(C)CCCO)cc1. The van der Waals surface area contributed by atoms with Gasteiger partial charge in [-0.1, -0.05) is 0 Å². The Kier molecular flexibility index (Phi) is 4.92. The molecule has 0 aliphatic rings. The third-order valence-electron chi connectivity index (χ3n) is 2.51. The molecule has 2 N–H and O–H groups in total. The van der Waals surface area contributed by atoms with E-state index in [-0.39, 0.29) is 11.5 Å². The van der Waals surface area contributed by atoms with Crippen molar-refractivity contribution >= 4 is 15.7 Å². The number of benzene rings is 1. The van der Waals surface area contributed by atoms with Crippen LogP contribution in [0, 0.1) is 0 Å². The van der Waals surface area contributed by atoms with E-state index in [1.54, 1.807) is 24.3 Å². The molecule has 0 heterocycles. The highest BCUT2D eigenvalue weighted by molar-refractivity contribution is 7.89. The monoisotopic (exact) mass is 258 g/mol. The van der Waals surface area contributed by atoms with Crippen molar-refractivity contribution in [1.82, 2.24) is 4.72 Å². The maximum atomic E-state index is 11.5. The molecule has 0 radical (unpaired) electrons. The Hall–Kier alpha value is -1.11. The first-order chi connectivity index (χ1) is 8.01. The van der Waals surface area contributed by atoms with Crippen LogP contribution < -0.4 is 9.62 Å². The van der Waals surface area contributed by atoms with Gasteiger partial charge in [0.1, 0.15) is 0 Å². The lowest BCUT2D eigenvalue weighted by Gasteiger charge is -2.18. The van der Waals surface area contributed by atoms with Crippen molar-refractivity contribution in [3.8, 4) is 0 Å². The number of hydrogen-bond acceptors (Lipinski definition) is 4. The number of nitrogens with zero attached hydrogens (tertiary/aromatic N) is 1. The molecule has 0 atom stereocenters. The second-order valence-corrected chi connectivity index (χ2v) is 5.59. The van der Waals surface area contributed by atoms with Gasteiger partial charge in [-0.25, -0.2) is 13.1 Å². The van der Waals surface area contributed by atoms with Gasteiger partial charge in [-0.05, 0) is 37.7 Å². The molecule has 0 aromatic heterocycles. The van der Waals surface area contributed by atoms with E-state index in [2.05, 4.69) is 4.72 Å². The van der Waals surface area contributed by atoms with E-state index in [1.165, 1.54) is 7.05 Å². The zero-order valence-electron chi connectivity index (χ0n) is 10.0. The van der Waals surface area contributed by atoms with E-state index in [9.17, 15) is 8.42 Å². The third-order valence-corrected chi connectivity index (χ3v) is 3.94. The molecule has 0 saturated carbocycles. The van der Waals surface area contributed by atoms with Gasteiger partial charge < -0.3 is 10.0 Å². The summed E-state index contributed by atoms with van der Waals surface area (Å²) in [7, 11) is -0.0805. The van der Waals surface area contributed by atoms with Gasteiger partial charge in [0.05, 0.1) is 4.90 Å². The van der Waals surface area contributed by atoms with Gasteiger partial charge in [0.25, 0.3) is 0 Å². The highest BCUT2D eigenvalue weighted by atomic mass is 32.2. The predicted octanol–water partition coefficient (Wildman–Crippen LogP) is 0.413. The lowest BCUT2D eigenvalue weighted by Crippen LogP contribution is -2.20. The van der Waals surface area contributed by atoms with Gasteiger partial charge in [-0.15, -0.1) is 0 Å². The average molecular weight is 258 g/mol. The first-order valence-corrected chi connectivity index (χ1v) is 6.85. The van der Waals surface area contributed by atoms with Crippen LogP contribution in [-0.2, 0) is 10.0 Å². The van der Waals surface area contributed by atoms with Crippen molar-refractivity contribution in [1.29, 1.82) is 0 Å². The second-order valence-electron chi connectivity index (χ2n) is 3.70. The van der Waals surface area contributed by atoms with Gasteiger partial charge >= 0.3 is 0 Å². The van der Waals surface area contributed by atoms with Crippen LogP contribution >= 0.6 is 0 Å². The lowest BCUT2D eigenvalue weighted by atomic mass is 10.3. The summed E-state index contributed by atoms with van der Waals surface area (Å²) < 4.78 is 25.3. The van der Waals surface area contributed by atoms with Crippen molar-refractivity contribution in [2.45, 2.75) is 11.3 Å². The fourth-order valence-electron chi connectivity index (χ4n) is 1.43. The summed E-state index contributed by atoms with van der Waals surface area (Å²) in [6.45, 7) is 0.880. The number of hydrogen-bond donors (Lipinski definition) is 2.